The lowest BCUT2D eigenvalue weighted by atomic mass is 9.85. The molecule has 0 unspecified atom stereocenters. The predicted molar refractivity (Wildman–Crippen MR) is 67.5 cm³/mol. The maximum atomic E-state index is 11.4. The van der Waals surface area contributed by atoms with Crippen molar-refractivity contribution in [3.05, 3.63) is 0 Å². The fourth-order valence-corrected chi connectivity index (χ4v) is 1.10. The third-order valence-electron chi connectivity index (χ3n) is 2.19. The van der Waals surface area contributed by atoms with Gasteiger partial charge in [0.1, 0.15) is 5.60 Å². The Bertz CT molecular complexity index is 280. The maximum Gasteiger partial charge on any atom is 0.373 e. The fraction of sp³-hybridized carbons (Fsp3) is 0.846. The predicted octanol–water partition coefficient (Wildman–Crippen LogP) is 1.90. The number of ether oxygens (including phenoxy) is 1. The minimum atomic E-state index is -0.400. The molecule has 5 heteroatoms. The Morgan fingerprint density at radius 2 is 1.56 bits per heavy atom. The van der Waals surface area contributed by atoms with Gasteiger partial charge in [0.25, 0.3) is 0 Å². The Labute approximate surface area is 109 Å². The van der Waals surface area contributed by atoms with E-state index in [9.17, 15) is 4.79 Å². The molecule has 0 bridgehead atoms. The number of rotatable bonds is 3. The minimum Gasteiger partial charge on any atom is -0.460 e. The van der Waals surface area contributed by atoms with Gasteiger partial charge in [-0.3, -0.25) is 4.79 Å². The Morgan fingerprint density at radius 3 is 1.83 bits per heavy atom. The molecule has 0 radical (unpaired) electrons. The Balaban J connectivity index is 0. The van der Waals surface area contributed by atoms with E-state index < -0.39 is 5.60 Å². The summed E-state index contributed by atoms with van der Waals surface area (Å²) in [5, 5.41) is 0. The van der Waals surface area contributed by atoms with Crippen LogP contribution in [-0.2, 0) is 19.1 Å². The van der Waals surface area contributed by atoms with E-state index in [-0.39, 0.29) is 23.6 Å². The van der Waals surface area contributed by atoms with Crippen molar-refractivity contribution < 1.29 is 19.1 Å². The molecule has 0 saturated carbocycles. The average Bonchev–Trinajstić information content (AvgIpc) is 2.11. The summed E-state index contributed by atoms with van der Waals surface area (Å²) in [7, 11) is 0. The quantitative estimate of drug-likeness (QED) is 0.782. The molecule has 1 atom stereocenters. The minimum absolute atomic E-state index is 0.0324. The van der Waals surface area contributed by atoms with Crippen molar-refractivity contribution in [2.24, 2.45) is 11.1 Å². The van der Waals surface area contributed by atoms with Crippen LogP contribution in [0.25, 0.3) is 0 Å². The van der Waals surface area contributed by atoms with Gasteiger partial charge in [-0.25, -0.2) is 0 Å². The summed E-state index contributed by atoms with van der Waals surface area (Å²) in [6, 6.07) is 0.0324. The van der Waals surface area contributed by atoms with Gasteiger partial charge in [-0.2, -0.15) is 9.59 Å². The second-order valence-electron chi connectivity index (χ2n) is 6.18. The smallest absolute Gasteiger partial charge is 0.373 e. The Kier molecular flexibility index (Phi) is 8.52. The van der Waals surface area contributed by atoms with Gasteiger partial charge in [0.05, 0.1) is 0 Å². The molecule has 0 rings (SSSR count). The Morgan fingerprint density at radius 1 is 1.17 bits per heavy atom. The normalized spacial score (nSPS) is 12.8. The van der Waals surface area contributed by atoms with Crippen molar-refractivity contribution in [1.29, 1.82) is 0 Å². The van der Waals surface area contributed by atoms with Gasteiger partial charge in [-0.15, -0.1) is 0 Å². The molecule has 0 aliphatic rings. The van der Waals surface area contributed by atoms with Gasteiger partial charge in [-0.1, -0.05) is 20.8 Å². The van der Waals surface area contributed by atoms with Crippen LogP contribution in [0, 0.1) is 5.41 Å². The number of carbonyl (C=O) groups is 1. The van der Waals surface area contributed by atoms with Crippen LogP contribution >= 0.6 is 0 Å². The Hall–Kier alpha value is -1.19. The van der Waals surface area contributed by atoms with Crippen LogP contribution in [0.15, 0.2) is 0 Å². The van der Waals surface area contributed by atoms with Crippen molar-refractivity contribution in [2.75, 3.05) is 0 Å². The lowest BCUT2D eigenvalue weighted by Gasteiger charge is -2.27. The van der Waals surface area contributed by atoms with Crippen molar-refractivity contribution in [3.8, 4) is 0 Å². The van der Waals surface area contributed by atoms with Gasteiger partial charge in [-0.05, 0) is 32.6 Å². The lowest BCUT2D eigenvalue weighted by molar-refractivity contribution is -0.191. The summed E-state index contributed by atoms with van der Waals surface area (Å²) in [5.74, 6) is -0.165. The first-order valence-corrected chi connectivity index (χ1v) is 5.90. The zero-order chi connectivity index (χ0) is 15.0. The average molecular weight is 259 g/mol. The number of hydrogen-bond acceptors (Lipinski definition) is 5. The van der Waals surface area contributed by atoms with Gasteiger partial charge >= 0.3 is 12.1 Å². The molecule has 0 spiro atoms. The van der Waals surface area contributed by atoms with E-state index in [0.717, 1.165) is 0 Å². The first-order chi connectivity index (χ1) is 7.94. The summed E-state index contributed by atoms with van der Waals surface area (Å²) < 4.78 is 5.21. The number of nitrogens with two attached hydrogens (primary N) is 1. The molecule has 0 aromatic rings. The van der Waals surface area contributed by atoms with E-state index in [1.54, 1.807) is 0 Å². The SMILES string of the molecule is CC(C)(C)OC(=O)CC[C@H](N)C(C)(C)C.O=C=O. The zero-order valence-corrected chi connectivity index (χ0v) is 12.2. The summed E-state index contributed by atoms with van der Waals surface area (Å²) in [6.07, 6.45) is 1.33. The maximum absolute atomic E-state index is 11.4. The van der Waals surface area contributed by atoms with Crippen LogP contribution in [0.5, 0.6) is 0 Å². The van der Waals surface area contributed by atoms with Gasteiger partial charge in [0.2, 0.25) is 0 Å². The zero-order valence-electron chi connectivity index (χ0n) is 12.2. The van der Waals surface area contributed by atoms with Crippen molar-refractivity contribution in [2.45, 2.75) is 66.0 Å². The highest BCUT2D eigenvalue weighted by Gasteiger charge is 2.23. The standard InChI is InChI=1S/C12H25NO2.CO2/c1-11(2,3)9(13)7-8-10(14)15-12(4,5)6;2-1-3/h9H,7-8,13H2,1-6H3;/t9-;/m0./s1. The second kappa shape index (κ2) is 8.01. The molecular formula is C13H25NO4. The molecule has 0 saturated heterocycles. The summed E-state index contributed by atoms with van der Waals surface area (Å²) >= 11 is 0. The molecule has 0 amide bonds. The van der Waals surface area contributed by atoms with Gasteiger partial charge in [0, 0.05) is 12.5 Å². The van der Waals surface area contributed by atoms with Crippen molar-refractivity contribution in [1.82, 2.24) is 0 Å². The highest BCUT2D eigenvalue weighted by molar-refractivity contribution is 5.69. The lowest BCUT2D eigenvalue weighted by Crippen LogP contribution is -2.36. The van der Waals surface area contributed by atoms with Crippen LogP contribution < -0.4 is 5.73 Å². The number of carbonyl (C=O) groups excluding carboxylic acids is 3. The van der Waals surface area contributed by atoms with Gasteiger partial charge < -0.3 is 10.5 Å². The third-order valence-corrected chi connectivity index (χ3v) is 2.19. The van der Waals surface area contributed by atoms with E-state index in [4.69, 9.17) is 20.1 Å². The summed E-state index contributed by atoms with van der Waals surface area (Å²) in [5.41, 5.74) is 5.60. The highest BCUT2D eigenvalue weighted by atomic mass is 16.6. The van der Waals surface area contributed by atoms with Crippen molar-refractivity contribution in [3.63, 3.8) is 0 Å². The van der Waals surface area contributed by atoms with E-state index in [2.05, 4.69) is 20.8 Å². The number of esters is 1. The van der Waals surface area contributed by atoms with Crippen LogP contribution in [-0.4, -0.2) is 23.8 Å². The molecule has 0 aromatic heterocycles. The third kappa shape index (κ3) is 12.9. The molecular weight excluding hydrogens is 234 g/mol. The van der Waals surface area contributed by atoms with Crippen LogP contribution in [0.2, 0.25) is 0 Å². The molecule has 0 fully saturated rings. The largest absolute Gasteiger partial charge is 0.460 e. The molecule has 106 valence electrons. The van der Waals surface area contributed by atoms with E-state index in [0.29, 0.717) is 12.8 Å². The molecule has 0 heterocycles. The van der Waals surface area contributed by atoms with Crippen LogP contribution in [0.4, 0.5) is 0 Å². The summed E-state index contributed by atoms with van der Waals surface area (Å²) in [6.45, 7) is 11.8. The monoisotopic (exact) mass is 259 g/mol. The molecule has 2 N–H and O–H groups in total. The number of hydrogen-bond donors (Lipinski definition) is 1. The fourth-order valence-electron chi connectivity index (χ4n) is 1.10. The molecule has 0 aliphatic heterocycles. The highest BCUT2D eigenvalue weighted by Crippen LogP contribution is 2.21. The first kappa shape index (κ1) is 19.2. The van der Waals surface area contributed by atoms with E-state index in [1.807, 2.05) is 20.8 Å². The van der Waals surface area contributed by atoms with Gasteiger partial charge in [0.15, 0.2) is 0 Å². The summed E-state index contributed by atoms with van der Waals surface area (Å²) in [4.78, 5) is 27.7. The van der Waals surface area contributed by atoms with Crippen LogP contribution in [0.1, 0.15) is 54.4 Å². The second-order valence-corrected chi connectivity index (χ2v) is 6.18. The van der Waals surface area contributed by atoms with Crippen molar-refractivity contribution >= 4 is 12.1 Å². The van der Waals surface area contributed by atoms with E-state index in [1.165, 1.54) is 0 Å². The molecule has 0 aliphatic carbocycles. The van der Waals surface area contributed by atoms with E-state index >= 15 is 0 Å². The molecule has 0 aromatic carbocycles. The van der Waals surface area contributed by atoms with Crippen LogP contribution in [0.3, 0.4) is 0 Å². The molecule has 18 heavy (non-hydrogen) atoms. The first-order valence-electron chi connectivity index (χ1n) is 5.90. The molecule has 5 nitrogen and oxygen atoms in total. The topological polar surface area (TPSA) is 86.5 Å².